The molecule has 20 heavy (non-hydrogen) atoms. The molecule has 1 aromatic rings. The van der Waals surface area contributed by atoms with Gasteiger partial charge in [0.15, 0.2) is 0 Å². The van der Waals surface area contributed by atoms with E-state index in [1.807, 2.05) is 4.68 Å². The van der Waals surface area contributed by atoms with Gasteiger partial charge in [-0.1, -0.05) is 39.3 Å². The molecule has 116 valence electrons. The highest BCUT2D eigenvalue weighted by Crippen LogP contribution is 2.32. The molecular weight excluding hydrogens is 274 g/mol. The van der Waals surface area contributed by atoms with Crippen molar-refractivity contribution in [3.05, 3.63) is 16.9 Å². The monoisotopic (exact) mass is 301 g/mol. The predicted molar refractivity (Wildman–Crippen MR) is 84.5 cm³/mol. The lowest BCUT2D eigenvalue weighted by Crippen LogP contribution is -2.30. The minimum atomic E-state index is -0.00863. The van der Waals surface area contributed by atoms with Gasteiger partial charge in [-0.15, -0.1) is 0 Å². The van der Waals surface area contributed by atoms with Gasteiger partial charge < -0.3 is 10.1 Å². The Balaban J connectivity index is 2.67. The number of aromatic nitrogens is 2. The highest BCUT2D eigenvalue weighted by Gasteiger charge is 2.27. The van der Waals surface area contributed by atoms with Crippen molar-refractivity contribution < 1.29 is 4.74 Å². The van der Waals surface area contributed by atoms with E-state index in [2.05, 4.69) is 38.1 Å². The quantitative estimate of drug-likeness (QED) is 0.712. The van der Waals surface area contributed by atoms with Gasteiger partial charge >= 0.3 is 0 Å². The minimum Gasteiger partial charge on any atom is -0.383 e. The van der Waals surface area contributed by atoms with Crippen LogP contribution in [0.15, 0.2) is 6.20 Å². The number of methoxy groups -OCH3 is 1. The summed E-state index contributed by atoms with van der Waals surface area (Å²) in [5.74, 6) is 0.675. The van der Waals surface area contributed by atoms with E-state index in [0.29, 0.717) is 12.5 Å². The second-order valence-corrected chi connectivity index (χ2v) is 6.70. The van der Waals surface area contributed by atoms with Crippen molar-refractivity contribution >= 4 is 11.6 Å². The molecule has 4 nitrogen and oxygen atoms in total. The van der Waals surface area contributed by atoms with Crippen LogP contribution >= 0.6 is 11.6 Å². The summed E-state index contributed by atoms with van der Waals surface area (Å²) in [7, 11) is 1.70. The zero-order valence-corrected chi connectivity index (χ0v) is 14.1. The van der Waals surface area contributed by atoms with Gasteiger partial charge in [-0.3, -0.25) is 4.68 Å². The van der Waals surface area contributed by atoms with Gasteiger partial charge in [-0.25, -0.2) is 0 Å². The minimum absolute atomic E-state index is 0.00863. The van der Waals surface area contributed by atoms with Crippen molar-refractivity contribution in [2.24, 2.45) is 5.92 Å². The number of ether oxygens (including phenoxy) is 1. The fourth-order valence-electron chi connectivity index (χ4n) is 2.29. The maximum absolute atomic E-state index is 6.33. The maximum atomic E-state index is 6.33. The molecule has 0 saturated carbocycles. The summed E-state index contributed by atoms with van der Waals surface area (Å²) in [6.07, 6.45) is 2.76. The molecule has 1 N–H and O–H groups in total. The second-order valence-electron chi connectivity index (χ2n) is 6.29. The van der Waals surface area contributed by atoms with Crippen LogP contribution in [-0.2, 0) is 16.7 Å². The Morgan fingerprint density at radius 3 is 2.75 bits per heavy atom. The molecule has 0 radical (unpaired) electrons. The van der Waals surface area contributed by atoms with Gasteiger partial charge in [0.05, 0.1) is 30.1 Å². The van der Waals surface area contributed by atoms with Gasteiger partial charge in [0, 0.05) is 12.5 Å². The van der Waals surface area contributed by atoms with Crippen molar-refractivity contribution in [1.82, 2.24) is 15.1 Å². The van der Waals surface area contributed by atoms with E-state index in [9.17, 15) is 0 Å². The smallest absolute Gasteiger partial charge is 0.0823 e. The highest BCUT2D eigenvalue weighted by molar-refractivity contribution is 6.31. The van der Waals surface area contributed by atoms with Crippen LogP contribution in [0.1, 0.15) is 39.8 Å². The van der Waals surface area contributed by atoms with E-state index in [4.69, 9.17) is 16.3 Å². The average Bonchev–Trinajstić information content (AvgIpc) is 2.74. The third-order valence-electron chi connectivity index (χ3n) is 3.42. The fourth-order valence-corrected chi connectivity index (χ4v) is 2.69. The Bertz CT molecular complexity index is 402. The van der Waals surface area contributed by atoms with Crippen LogP contribution in [0.25, 0.3) is 0 Å². The highest BCUT2D eigenvalue weighted by atomic mass is 35.5. The molecule has 0 saturated heterocycles. The van der Waals surface area contributed by atoms with Crippen LogP contribution in [0, 0.1) is 5.92 Å². The molecule has 0 aromatic carbocycles. The van der Waals surface area contributed by atoms with Crippen LogP contribution in [0.3, 0.4) is 0 Å². The predicted octanol–water partition coefficient (Wildman–Crippen LogP) is 3.10. The molecule has 1 aromatic heterocycles. The van der Waals surface area contributed by atoms with Crippen LogP contribution in [0.5, 0.6) is 0 Å². The Morgan fingerprint density at radius 2 is 2.15 bits per heavy atom. The topological polar surface area (TPSA) is 39.1 Å². The Morgan fingerprint density at radius 1 is 1.45 bits per heavy atom. The Kier molecular flexibility index (Phi) is 7.00. The Labute approximate surface area is 127 Å². The third-order valence-corrected chi connectivity index (χ3v) is 3.70. The third kappa shape index (κ3) is 5.08. The first-order valence-electron chi connectivity index (χ1n) is 7.30. The molecule has 0 atom stereocenters. The van der Waals surface area contributed by atoms with E-state index in [0.717, 1.165) is 36.8 Å². The zero-order chi connectivity index (χ0) is 15.2. The largest absolute Gasteiger partial charge is 0.383 e. The molecule has 1 rings (SSSR count). The van der Waals surface area contributed by atoms with Gasteiger partial charge in [0.25, 0.3) is 0 Å². The SMILES string of the molecule is COCCn1ncc(Cl)c1C(C)(C)CCNCC(C)C. The molecule has 0 aliphatic rings. The van der Waals surface area contributed by atoms with Crippen LogP contribution in [-0.4, -0.2) is 36.6 Å². The van der Waals surface area contributed by atoms with Crippen molar-refractivity contribution in [2.75, 3.05) is 26.8 Å². The van der Waals surface area contributed by atoms with Crippen LogP contribution in [0.4, 0.5) is 0 Å². The lowest BCUT2D eigenvalue weighted by Gasteiger charge is -2.27. The summed E-state index contributed by atoms with van der Waals surface area (Å²) in [5, 5.41) is 8.59. The van der Waals surface area contributed by atoms with Crippen molar-refractivity contribution in [3.63, 3.8) is 0 Å². The first-order chi connectivity index (χ1) is 9.38. The summed E-state index contributed by atoms with van der Waals surface area (Å²) in [4.78, 5) is 0. The fraction of sp³-hybridized carbons (Fsp3) is 0.800. The van der Waals surface area contributed by atoms with Gasteiger partial charge in [0.1, 0.15) is 0 Å². The Hall–Kier alpha value is -0.580. The summed E-state index contributed by atoms with van der Waals surface area (Å²) < 4.78 is 7.10. The molecule has 0 bridgehead atoms. The summed E-state index contributed by atoms with van der Waals surface area (Å²) in [5.41, 5.74) is 1.09. The molecule has 5 heteroatoms. The first-order valence-corrected chi connectivity index (χ1v) is 7.67. The van der Waals surface area contributed by atoms with E-state index < -0.39 is 0 Å². The summed E-state index contributed by atoms with van der Waals surface area (Å²) in [6, 6.07) is 0. The molecule has 0 amide bonds. The lowest BCUT2D eigenvalue weighted by molar-refractivity contribution is 0.180. The van der Waals surface area contributed by atoms with Gasteiger partial charge in [-0.05, 0) is 25.4 Å². The molecule has 0 unspecified atom stereocenters. The molecule has 0 fully saturated rings. The molecule has 0 spiro atoms. The van der Waals surface area contributed by atoms with Crippen molar-refractivity contribution in [1.29, 1.82) is 0 Å². The average molecular weight is 302 g/mol. The van der Waals surface area contributed by atoms with Gasteiger partial charge in [0.2, 0.25) is 0 Å². The number of halogens is 1. The molecule has 1 heterocycles. The number of nitrogens with zero attached hydrogens (tertiary/aromatic N) is 2. The van der Waals surface area contributed by atoms with Crippen LogP contribution < -0.4 is 5.32 Å². The maximum Gasteiger partial charge on any atom is 0.0823 e. The van der Waals surface area contributed by atoms with E-state index in [1.165, 1.54) is 0 Å². The van der Waals surface area contributed by atoms with Crippen LogP contribution in [0.2, 0.25) is 5.02 Å². The normalized spacial score (nSPS) is 12.3. The number of hydrogen-bond acceptors (Lipinski definition) is 3. The van der Waals surface area contributed by atoms with Crippen molar-refractivity contribution in [2.45, 2.75) is 46.1 Å². The van der Waals surface area contributed by atoms with E-state index in [1.54, 1.807) is 13.3 Å². The number of hydrogen-bond donors (Lipinski definition) is 1. The summed E-state index contributed by atoms with van der Waals surface area (Å²) >= 11 is 6.33. The summed E-state index contributed by atoms with van der Waals surface area (Å²) in [6.45, 7) is 12.3. The standard InChI is InChI=1S/C15H28ClN3O/c1-12(2)10-17-7-6-15(3,4)14-13(16)11-18-19(14)8-9-20-5/h11-12,17H,6-10H2,1-5H3. The molecular formula is C15H28ClN3O. The van der Waals surface area contributed by atoms with Gasteiger partial charge in [-0.2, -0.15) is 5.10 Å². The zero-order valence-electron chi connectivity index (χ0n) is 13.4. The number of rotatable bonds is 9. The molecule has 0 aliphatic carbocycles. The van der Waals surface area contributed by atoms with E-state index in [-0.39, 0.29) is 5.41 Å². The lowest BCUT2D eigenvalue weighted by atomic mass is 9.85. The molecule has 0 aliphatic heterocycles. The second kappa shape index (κ2) is 8.01. The first kappa shape index (κ1) is 17.5. The van der Waals surface area contributed by atoms with Crippen molar-refractivity contribution in [3.8, 4) is 0 Å². The van der Waals surface area contributed by atoms with E-state index >= 15 is 0 Å². The number of nitrogens with one attached hydrogen (secondary N) is 1.